The highest BCUT2D eigenvalue weighted by molar-refractivity contribution is 7.99. The first-order chi connectivity index (χ1) is 13.7. The van der Waals surface area contributed by atoms with E-state index in [9.17, 15) is 4.39 Å². The summed E-state index contributed by atoms with van der Waals surface area (Å²) in [5, 5.41) is 11.8. The minimum Gasteiger partial charge on any atom is -0.493 e. The van der Waals surface area contributed by atoms with Gasteiger partial charge in [0.25, 0.3) is 0 Å². The molecule has 1 aromatic heterocycles. The molecule has 4 aromatic rings. The van der Waals surface area contributed by atoms with E-state index in [0.717, 1.165) is 38.6 Å². The lowest BCUT2D eigenvalue weighted by Crippen LogP contribution is -2.01. The zero-order valence-corrected chi connectivity index (χ0v) is 16.2. The van der Waals surface area contributed by atoms with Gasteiger partial charge in [-0.2, -0.15) is 0 Å². The molecule has 0 unspecified atom stereocenters. The van der Waals surface area contributed by atoms with Gasteiger partial charge in [0.05, 0.1) is 6.61 Å². The summed E-state index contributed by atoms with van der Waals surface area (Å²) in [6, 6.07) is 22.4. The van der Waals surface area contributed by atoms with E-state index in [1.54, 1.807) is 23.9 Å². The number of thioether (sulfide) groups is 1. The lowest BCUT2D eigenvalue weighted by atomic mass is 10.1. The first-order valence-corrected chi connectivity index (χ1v) is 10.0. The van der Waals surface area contributed by atoms with Crippen LogP contribution in [0.3, 0.4) is 0 Å². The first-order valence-electron chi connectivity index (χ1n) is 9.04. The molecular formula is C23H19FN2OS. The molecule has 0 aliphatic heterocycles. The summed E-state index contributed by atoms with van der Waals surface area (Å²) in [6.07, 6.45) is 0. The predicted octanol–water partition coefficient (Wildman–Crippen LogP) is 5.92. The summed E-state index contributed by atoms with van der Waals surface area (Å²) < 4.78 is 19.1. The third-order valence-corrected chi connectivity index (χ3v) is 5.30. The van der Waals surface area contributed by atoms with E-state index in [0.29, 0.717) is 6.61 Å². The van der Waals surface area contributed by atoms with E-state index in [1.807, 2.05) is 55.5 Å². The minimum absolute atomic E-state index is 0.262. The Kier molecular flexibility index (Phi) is 5.53. The second-order valence-electron chi connectivity index (χ2n) is 6.42. The molecule has 5 heteroatoms. The summed E-state index contributed by atoms with van der Waals surface area (Å²) in [5.74, 6) is 1.38. The fraction of sp³-hybridized carbons (Fsp3) is 0.130. The molecule has 3 nitrogen and oxygen atoms in total. The van der Waals surface area contributed by atoms with E-state index < -0.39 is 0 Å². The Morgan fingerprint density at radius 3 is 2.46 bits per heavy atom. The van der Waals surface area contributed by atoms with Crippen molar-refractivity contribution in [1.29, 1.82) is 0 Å². The Morgan fingerprint density at radius 1 is 0.893 bits per heavy atom. The van der Waals surface area contributed by atoms with Crippen molar-refractivity contribution < 1.29 is 9.13 Å². The number of halogens is 1. The van der Waals surface area contributed by atoms with Gasteiger partial charge in [0.1, 0.15) is 22.3 Å². The molecule has 0 saturated carbocycles. The largest absolute Gasteiger partial charge is 0.493 e. The smallest absolute Gasteiger partial charge is 0.127 e. The van der Waals surface area contributed by atoms with Crippen LogP contribution >= 0.6 is 11.8 Å². The van der Waals surface area contributed by atoms with Crippen molar-refractivity contribution in [2.24, 2.45) is 0 Å². The summed E-state index contributed by atoms with van der Waals surface area (Å²) in [6.45, 7) is 2.63. The molecule has 0 aliphatic carbocycles. The monoisotopic (exact) mass is 390 g/mol. The molecule has 0 spiro atoms. The number of hydrogen-bond donors (Lipinski definition) is 0. The van der Waals surface area contributed by atoms with Crippen molar-refractivity contribution >= 4 is 22.5 Å². The quantitative estimate of drug-likeness (QED) is 0.303. The maximum Gasteiger partial charge on any atom is 0.127 e. The standard InChI is InChI=1S/C23H19FN2OS/c1-16-5-4-6-19(15-16)27-13-14-28-23-21-8-3-2-7-20(21)22(25-26-23)17-9-11-18(24)12-10-17/h2-12,15H,13-14H2,1H3. The normalized spacial score (nSPS) is 10.9. The molecule has 0 aliphatic rings. The SMILES string of the molecule is Cc1cccc(OCCSc2nnc(-c3ccc(F)cc3)c3ccccc23)c1. The number of aryl methyl sites for hydroxylation is 1. The van der Waals surface area contributed by atoms with Gasteiger partial charge in [-0.15, -0.1) is 22.0 Å². The Hall–Kier alpha value is -2.92. The highest BCUT2D eigenvalue weighted by atomic mass is 32.2. The van der Waals surface area contributed by atoms with Crippen molar-refractivity contribution in [3.8, 4) is 17.0 Å². The van der Waals surface area contributed by atoms with Crippen LogP contribution in [-0.2, 0) is 0 Å². The fourth-order valence-electron chi connectivity index (χ4n) is 3.01. The molecule has 0 saturated heterocycles. The number of fused-ring (bicyclic) bond motifs is 1. The van der Waals surface area contributed by atoms with Gasteiger partial charge in [-0.1, -0.05) is 36.4 Å². The van der Waals surface area contributed by atoms with Gasteiger partial charge < -0.3 is 4.74 Å². The Morgan fingerprint density at radius 2 is 1.68 bits per heavy atom. The van der Waals surface area contributed by atoms with Crippen molar-refractivity contribution in [2.75, 3.05) is 12.4 Å². The summed E-state index contributed by atoms with van der Waals surface area (Å²) in [5.41, 5.74) is 2.79. The lowest BCUT2D eigenvalue weighted by Gasteiger charge is -2.10. The Balaban J connectivity index is 1.52. The number of hydrogen-bond acceptors (Lipinski definition) is 4. The third-order valence-electron chi connectivity index (χ3n) is 4.35. The van der Waals surface area contributed by atoms with Gasteiger partial charge in [-0.05, 0) is 48.9 Å². The first kappa shape index (κ1) is 18.4. The van der Waals surface area contributed by atoms with E-state index in [2.05, 4.69) is 10.2 Å². The predicted molar refractivity (Wildman–Crippen MR) is 112 cm³/mol. The van der Waals surface area contributed by atoms with Crippen LogP contribution in [-0.4, -0.2) is 22.6 Å². The molecule has 0 fully saturated rings. The fourth-order valence-corrected chi connectivity index (χ4v) is 3.80. The lowest BCUT2D eigenvalue weighted by molar-refractivity contribution is 0.343. The summed E-state index contributed by atoms with van der Waals surface area (Å²) in [7, 11) is 0. The molecule has 1 heterocycles. The van der Waals surface area contributed by atoms with E-state index in [-0.39, 0.29) is 5.82 Å². The second kappa shape index (κ2) is 8.40. The molecule has 4 rings (SSSR count). The maximum absolute atomic E-state index is 13.2. The van der Waals surface area contributed by atoms with Crippen LogP contribution in [0.4, 0.5) is 4.39 Å². The number of rotatable bonds is 6. The molecule has 0 radical (unpaired) electrons. The Labute approximate surface area is 167 Å². The molecule has 0 amide bonds. The van der Waals surface area contributed by atoms with Crippen molar-refractivity contribution in [2.45, 2.75) is 11.9 Å². The van der Waals surface area contributed by atoms with Gasteiger partial charge >= 0.3 is 0 Å². The van der Waals surface area contributed by atoms with Gasteiger partial charge in [0.15, 0.2) is 0 Å². The second-order valence-corrected chi connectivity index (χ2v) is 7.50. The van der Waals surface area contributed by atoms with Crippen LogP contribution in [0, 0.1) is 12.7 Å². The van der Waals surface area contributed by atoms with Crippen LogP contribution in [0.1, 0.15) is 5.56 Å². The average Bonchev–Trinajstić information content (AvgIpc) is 2.72. The van der Waals surface area contributed by atoms with Crippen molar-refractivity contribution in [3.05, 3.63) is 84.2 Å². The molecule has 3 aromatic carbocycles. The summed E-state index contributed by atoms with van der Waals surface area (Å²) >= 11 is 1.62. The van der Waals surface area contributed by atoms with Gasteiger partial charge in [0.2, 0.25) is 0 Å². The molecule has 28 heavy (non-hydrogen) atoms. The van der Waals surface area contributed by atoms with Crippen LogP contribution in [0.25, 0.3) is 22.0 Å². The molecule has 0 bridgehead atoms. The maximum atomic E-state index is 13.2. The third kappa shape index (κ3) is 4.15. The molecule has 0 N–H and O–H groups in total. The van der Waals surface area contributed by atoms with Gasteiger partial charge in [0, 0.05) is 22.1 Å². The van der Waals surface area contributed by atoms with E-state index in [1.165, 1.54) is 17.7 Å². The molecule has 140 valence electrons. The van der Waals surface area contributed by atoms with Crippen LogP contribution < -0.4 is 4.74 Å². The van der Waals surface area contributed by atoms with Crippen molar-refractivity contribution in [1.82, 2.24) is 10.2 Å². The van der Waals surface area contributed by atoms with Crippen LogP contribution in [0.5, 0.6) is 5.75 Å². The average molecular weight is 390 g/mol. The molecule has 0 atom stereocenters. The number of aromatic nitrogens is 2. The van der Waals surface area contributed by atoms with Crippen LogP contribution in [0.2, 0.25) is 0 Å². The van der Waals surface area contributed by atoms with E-state index in [4.69, 9.17) is 4.74 Å². The summed E-state index contributed by atoms with van der Waals surface area (Å²) in [4.78, 5) is 0. The van der Waals surface area contributed by atoms with Crippen molar-refractivity contribution in [3.63, 3.8) is 0 Å². The van der Waals surface area contributed by atoms with Crippen LogP contribution in [0.15, 0.2) is 77.8 Å². The van der Waals surface area contributed by atoms with Gasteiger partial charge in [-0.25, -0.2) is 4.39 Å². The minimum atomic E-state index is -0.262. The number of ether oxygens (including phenoxy) is 1. The van der Waals surface area contributed by atoms with Gasteiger partial charge in [-0.3, -0.25) is 0 Å². The zero-order chi connectivity index (χ0) is 19.3. The highest BCUT2D eigenvalue weighted by Crippen LogP contribution is 2.31. The zero-order valence-electron chi connectivity index (χ0n) is 15.4. The Bertz CT molecular complexity index is 1100. The number of benzene rings is 3. The highest BCUT2D eigenvalue weighted by Gasteiger charge is 2.11. The van der Waals surface area contributed by atoms with E-state index >= 15 is 0 Å². The molecular weight excluding hydrogens is 371 g/mol. The number of nitrogens with zero attached hydrogens (tertiary/aromatic N) is 2. The topological polar surface area (TPSA) is 35.0 Å².